The van der Waals surface area contributed by atoms with Gasteiger partial charge < -0.3 is 0 Å². The summed E-state index contributed by atoms with van der Waals surface area (Å²) in [4.78, 5) is 11.7. The summed E-state index contributed by atoms with van der Waals surface area (Å²) >= 11 is 3.23. The highest BCUT2D eigenvalue weighted by Crippen LogP contribution is 2.30. The van der Waals surface area contributed by atoms with Gasteiger partial charge in [-0.15, -0.1) is 0 Å². The Balaban J connectivity index is 1.94. The highest BCUT2D eigenvalue weighted by atomic mass is 79.9. The van der Waals surface area contributed by atoms with Crippen LogP contribution in [0.25, 0.3) is 0 Å². The van der Waals surface area contributed by atoms with Gasteiger partial charge in [0.05, 0.1) is 0 Å². The van der Waals surface area contributed by atoms with Gasteiger partial charge in [-0.2, -0.15) is 0 Å². The summed E-state index contributed by atoms with van der Waals surface area (Å²) in [7, 11) is 0. The van der Waals surface area contributed by atoms with E-state index in [-0.39, 0.29) is 11.6 Å². The maximum atomic E-state index is 13.1. The number of rotatable bonds is 4. The molecule has 0 aliphatic heterocycles. The van der Waals surface area contributed by atoms with Crippen LogP contribution in [0.15, 0.2) is 22.7 Å². The average molecular weight is 285 g/mol. The Labute approximate surface area is 103 Å². The third-order valence-electron chi connectivity index (χ3n) is 3.06. The van der Waals surface area contributed by atoms with Gasteiger partial charge in [0.15, 0.2) is 0 Å². The molecule has 3 heteroatoms. The van der Waals surface area contributed by atoms with Gasteiger partial charge in [-0.05, 0) is 29.7 Å². The van der Waals surface area contributed by atoms with Gasteiger partial charge in [0.2, 0.25) is 0 Å². The zero-order valence-electron chi connectivity index (χ0n) is 9.01. The summed E-state index contributed by atoms with van der Waals surface area (Å²) in [5.74, 6) is 0.521. The van der Waals surface area contributed by atoms with Gasteiger partial charge in [-0.3, -0.25) is 4.79 Å². The van der Waals surface area contributed by atoms with Crippen LogP contribution >= 0.6 is 15.9 Å². The van der Waals surface area contributed by atoms with Crippen LogP contribution in [-0.2, 0) is 11.2 Å². The van der Waals surface area contributed by atoms with E-state index in [1.54, 1.807) is 0 Å². The first-order chi connectivity index (χ1) is 7.63. The molecule has 2 rings (SSSR count). The number of hydrogen-bond acceptors (Lipinski definition) is 1. The van der Waals surface area contributed by atoms with E-state index in [1.165, 1.54) is 31.4 Å². The second-order valence-electron chi connectivity index (χ2n) is 4.49. The highest BCUT2D eigenvalue weighted by Gasteiger charge is 2.20. The summed E-state index contributed by atoms with van der Waals surface area (Å²) in [6.45, 7) is 0. The van der Waals surface area contributed by atoms with Crippen molar-refractivity contribution in [2.75, 3.05) is 0 Å². The molecule has 0 atom stereocenters. The largest absolute Gasteiger partial charge is 0.299 e. The zero-order chi connectivity index (χ0) is 11.5. The number of Topliss-reactive ketones (excluding diaryl/α,β-unsaturated/α-hetero) is 1. The first kappa shape index (κ1) is 11.8. The minimum Gasteiger partial charge on any atom is -0.299 e. The fourth-order valence-electron chi connectivity index (χ4n) is 2.03. The number of ketones is 1. The van der Waals surface area contributed by atoms with E-state index in [2.05, 4.69) is 15.9 Å². The molecule has 0 radical (unpaired) electrons. The lowest BCUT2D eigenvalue weighted by Gasteiger charge is -2.24. The van der Waals surface area contributed by atoms with E-state index in [0.717, 1.165) is 5.56 Å². The Kier molecular flexibility index (Phi) is 3.74. The van der Waals surface area contributed by atoms with Crippen LogP contribution in [0.2, 0.25) is 0 Å². The Morgan fingerprint density at radius 1 is 1.38 bits per heavy atom. The molecule has 1 fully saturated rings. The number of carbonyl (C=O) groups is 1. The monoisotopic (exact) mass is 284 g/mol. The molecule has 1 nitrogen and oxygen atoms in total. The Morgan fingerprint density at radius 3 is 2.69 bits per heavy atom. The standard InChI is InChI=1S/C13H14BrFO/c14-11-4-10(5-12(15)8-11)7-13(16)6-9-2-1-3-9/h4-5,8-9H,1-3,6-7H2. The molecule has 86 valence electrons. The lowest BCUT2D eigenvalue weighted by molar-refractivity contribution is -0.119. The molecule has 0 heterocycles. The lowest BCUT2D eigenvalue weighted by Crippen LogP contribution is -2.17. The maximum absolute atomic E-state index is 13.1. The molecule has 1 aromatic rings. The molecule has 0 spiro atoms. The Morgan fingerprint density at radius 2 is 2.12 bits per heavy atom. The Bertz CT molecular complexity index is 379. The van der Waals surface area contributed by atoms with Crippen LogP contribution in [0, 0.1) is 11.7 Å². The highest BCUT2D eigenvalue weighted by molar-refractivity contribution is 9.10. The summed E-state index contributed by atoms with van der Waals surface area (Å²) in [6, 6.07) is 4.64. The molecule has 16 heavy (non-hydrogen) atoms. The van der Waals surface area contributed by atoms with E-state index < -0.39 is 0 Å². The van der Waals surface area contributed by atoms with Gasteiger partial charge in [0.1, 0.15) is 11.6 Å². The molecule has 0 aromatic heterocycles. The molecule has 0 unspecified atom stereocenters. The molecule has 1 aliphatic rings. The van der Waals surface area contributed by atoms with Crippen molar-refractivity contribution in [3.05, 3.63) is 34.1 Å². The molecule has 0 saturated heterocycles. The van der Waals surface area contributed by atoms with Crippen molar-refractivity contribution >= 4 is 21.7 Å². The summed E-state index contributed by atoms with van der Waals surface area (Å²) in [5, 5.41) is 0. The molecule has 0 amide bonds. The molecular formula is C13H14BrFO. The van der Waals surface area contributed by atoms with Crippen LogP contribution in [0.3, 0.4) is 0 Å². The Hall–Kier alpha value is -0.700. The van der Waals surface area contributed by atoms with Gasteiger partial charge >= 0.3 is 0 Å². The molecule has 1 aliphatic carbocycles. The van der Waals surface area contributed by atoms with Crippen molar-refractivity contribution in [1.29, 1.82) is 0 Å². The van der Waals surface area contributed by atoms with E-state index in [0.29, 0.717) is 23.2 Å². The van der Waals surface area contributed by atoms with Crippen molar-refractivity contribution < 1.29 is 9.18 Å². The third-order valence-corrected chi connectivity index (χ3v) is 3.52. The zero-order valence-corrected chi connectivity index (χ0v) is 10.6. The second-order valence-corrected chi connectivity index (χ2v) is 5.41. The number of carbonyl (C=O) groups excluding carboxylic acids is 1. The first-order valence-corrected chi connectivity index (χ1v) is 6.39. The van der Waals surface area contributed by atoms with E-state index >= 15 is 0 Å². The van der Waals surface area contributed by atoms with Gasteiger partial charge in [0, 0.05) is 17.3 Å². The molecular weight excluding hydrogens is 271 g/mol. The smallest absolute Gasteiger partial charge is 0.137 e. The van der Waals surface area contributed by atoms with Crippen molar-refractivity contribution in [3.63, 3.8) is 0 Å². The van der Waals surface area contributed by atoms with E-state index in [4.69, 9.17) is 0 Å². The number of hydrogen-bond donors (Lipinski definition) is 0. The maximum Gasteiger partial charge on any atom is 0.137 e. The molecule has 0 bridgehead atoms. The van der Waals surface area contributed by atoms with Crippen LogP contribution in [0.5, 0.6) is 0 Å². The van der Waals surface area contributed by atoms with Gasteiger partial charge in [-0.25, -0.2) is 4.39 Å². The normalized spacial score (nSPS) is 15.9. The quantitative estimate of drug-likeness (QED) is 0.820. The van der Waals surface area contributed by atoms with Crippen molar-refractivity contribution in [1.82, 2.24) is 0 Å². The van der Waals surface area contributed by atoms with Crippen LogP contribution in [0.1, 0.15) is 31.2 Å². The second kappa shape index (κ2) is 5.09. The van der Waals surface area contributed by atoms with Gasteiger partial charge in [0.25, 0.3) is 0 Å². The van der Waals surface area contributed by atoms with E-state index in [9.17, 15) is 9.18 Å². The number of benzene rings is 1. The topological polar surface area (TPSA) is 17.1 Å². The summed E-state index contributed by atoms with van der Waals surface area (Å²) < 4.78 is 13.8. The van der Waals surface area contributed by atoms with Gasteiger partial charge in [-0.1, -0.05) is 35.2 Å². The number of halogens is 2. The summed E-state index contributed by atoms with van der Waals surface area (Å²) in [6.07, 6.45) is 4.63. The lowest BCUT2D eigenvalue weighted by atomic mass is 9.81. The van der Waals surface area contributed by atoms with Crippen molar-refractivity contribution in [2.45, 2.75) is 32.1 Å². The minimum atomic E-state index is -0.291. The fraction of sp³-hybridized carbons (Fsp3) is 0.462. The first-order valence-electron chi connectivity index (χ1n) is 5.60. The van der Waals surface area contributed by atoms with Crippen LogP contribution in [-0.4, -0.2) is 5.78 Å². The third kappa shape index (κ3) is 3.14. The molecule has 1 aromatic carbocycles. The predicted molar refractivity (Wildman–Crippen MR) is 64.8 cm³/mol. The fourth-order valence-corrected chi connectivity index (χ4v) is 2.54. The SMILES string of the molecule is O=C(Cc1cc(F)cc(Br)c1)CC1CCC1. The average Bonchev–Trinajstić information content (AvgIpc) is 2.09. The van der Waals surface area contributed by atoms with Crippen molar-refractivity contribution in [2.24, 2.45) is 5.92 Å². The van der Waals surface area contributed by atoms with Crippen LogP contribution in [0.4, 0.5) is 4.39 Å². The van der Waals surface area contributed by atoms with Crippen molar-refractivity contribution in [3.8, 4) is 0 Å². The predicted octanol–water partition coefficient (Wildman–Crippen LogP) is 3.89. The van der Waals surface area contributed by atoms with Crippen LogP contribution < -0.4 is 0 Å². The van der Waals surface area contributed by atoms with E-state index in [1.807, 2.05) is 6.07 Å². The molecule has 0 N–H and O–H groups in total. The molecule has 1 saturated carbocycles. The minimum absolute atomic E-state index is 0.224. The summed E-state index contributed by atoms with van der Waals surface area (Å²) in [5.41, 5.74) is 0.760.